The minimum atomic E-state index is -0.888. The highest BCUT2D eigenvalue weighted by atomic mass is 16.5. The average molecular weight is 279 g/mol. The van der Waals surface area contributed by atoms with Crippen LogP contribution in [0.4, 0.5) is 0 Å². The molecule has 3 N–H and O–H groups in total. The second-order valence-corrected chi connectivity index (χ2v) is 6.57. The Labute approximate surface area is 120 Å². The minimum Gasteiger partial charge on any atom is -0.377 e. The van der Waals surface area contributed by atoms with E-state index in [1.807, 2.05) is 20.8 Å². The van der Waals surface area contributed by atoms with E-state index in [4.69, 9.17) is 15.7 Å². The molecule has 5 nitrogen and oxygen atoms in total. The first-order valence-electron chi connectivity index (χ1n) is 7.48. The van der Waals surface area contributed by atoms with Gasteiger partial charge < -0.3 is 15.8 Å². The van der Waals surface area contributed by atoms with Gasteiger partial charge >= 0.3 is 0 Å². The molecule has 4 unspecified atom stereocenters. The number of carbonyl (C=O) groups is 1. The molecule has 112 valence electrons. The third-order valence-corrected chi connectivity index (χ3v) is 5.23. The van der Waals surface area contributed by atoms with E-state index in [-0.39, 0.29) is 29.4 Å². The van der Waals surface area contributed by atoms with Crippen molar-refractivity contribution in [3.63, 3.8) is 0 Å². The highest BCUT2D eigenvalue weighted by Gasteiger charge is 2.70. The number of hydrogen-bond acceptors (Lipinski definition) is 4. The summed E-state index contributed by atoms with van der Waals surface area (Å²) in [5.41, 5.74) is 5.25. The summed E-state index contributed by atoms with van der Waals surface area (Å²) in [6, 6.07) is 1.99. The molecular weight excluding hydrogens is 254 g/mol. The number of nitrogens with two attached hydrogens (primary N) is 1. The van der Waals surface area contributed by atoms with Gasteiger partial charge in [0.15, 0.2) is 0 Å². The second kappa shape index (κ2) is 5.34. The third kappa shape index (κ3) is 2.02. The van der Waals surface area contributed by atoms with Gasteiger partial charge in [-0.2, -0.15) is 5.26 Å². The summed E-state index contributed by atoms with van der Waals surface area (Å²) in [5, 5.41) is 11.7. The second-order valence-electron chi connectivity index (χ2n) is 6.57. The first-order chi connectivity index (χ1) is 9.39. The summed E-state index contributed by atoms with van der Waals surface area (Å²) in [6.07, 6.45) is 3.03. The standard InChI is InChI=1S/C15H25N3O2/c1-4-10(7-8-16)18-13(19)15(17)11-6-5-9-20-12(11)14(15,2)3/h10-12H,4-7,9,17H2,1-3H3,(H,18,19). The Balaban J connectivity index is 2.13. The van der Waals surface area contributed by atoms with Gasteiger partial charge in [0.1, 0.15) is 5.54 Å². The van der Waals surface area contributed by atoms with Crippen molar-refractivity contribution in [1.82, 2.24) is 5.32 Å². The quantitative estimate of drug-likeness (QED) is 0.812. The molecule has 20 heavy (non-hydrogen) atoms. The van der Waals surface area contributed by atoms with Crippen LogP contribution in [0.3, 0.4) is 0 Å². The van der Waals surface area contributed by atoms with Crippen LogP contribution in [0.25, 0.3) is 0 Å². The van der Waals surface area contributed by atoms with E-state index < -0.39 is 5.54 Å². The summed E-state index contributed by atoms with van der Waals surface area (Å²) < 4.78 is 5.80. The lowest BCUT2D eigenvalue weighted by Gasteiger charge is -2.65. The fourth-order valence-electron chi connectivity index (χ4n) is 3.75. The van der Waals surface area contributed by atoms with Crippen LogP contribution < -0.4 is 11.1 Å². The number of nitrogens with zero attached hydrogens (tertiary/aromatic N) is 1. The Morgan fingerprint density at radius 2 is 2.30 bits per heavy atom. The number of ether oxygens (including phenoxy) is 1. The first-order valence-corrected chi connectivity index (χ1v) is 7.48. The van der Waals surface area contributed by atoms with Crippen LogP contribution in [0.15, 0.2) is 0 Å². The average Bonchev–Trinajstić information content (AvgIpc) is 2.45. The molecule has 1 heterocycles. The van der Waals surface area contributed by atoms with Crippen LogP contribution in [0.2, 0.25) is 0 Å². The van der Waals surface area contributed by atoms with Crippen molar-refractivity contribution in [3.05, 3.63) is 0 Å². The molecule has 0 aromatic carbocycles. The van der Waals surface area contributed by atoms with Crippen molar-refractivity contribution < 1.29 is 9.53 Å². The van der Waals surface area contributed by atoms with Crippen LogP contribution in [0.5, 0.6) is 0 Å². The van der Waals surface area contributed by atoms with Crippen molar-refractivity contribution in [2.45, 2.75) is 64.1 Å². The number of rotatable bonds is 4. The van der Waals surface area contributed by atoms with Gasteiger partial charge in [0.2, 0.25) is 5.91 Å². The third-order valence-electron chi connectivity index (χ3n) is 5.23. The normalized spacial score (nSPS) is 36.1. The van der Waals surface area contributed by atoms with Gasteiger partial charge in [-0.15, -0.1) is 0 Å². The molecule has 1 saturated heterocycles. The summed E-state index contributed by atoms with van der Waals surface area (Å²) in [6.45, 7) is 6.73. The Morgan fingerprint density at radius 3 is 2.90 bits per heavy atom. The summed E-state index contributed by atoms with van der Waals surface area (Å²) in [7, 11) is 0. The van der Waals surface area contributed by atoms with Crippen LogP contribution in [0, 0.1) is 22.7 Å². The number of nitrogens with one attached hydrogen (secondary N) is 1. The van der Waals surface area contributed by atoms with E-state index in [1.54, 1.807) is 0 Å². The van der Waals surface area contributed by atoms with E-state index in [2.05, 4.69) is 11.4 Å². The molecule has 1 aliphatic carbocycles. The minimum absolute atomic E-state index is 0.0723. The van der Waals surface area contributed by atoms with Crippen LogP contribution in [0.1, 0.15) is 46.5 Å². The zero-order valence-corrected chi connectivity index (χ0v) is 12.6. The molecule has 1 saturated carbocycles. The fourth-order valence-corrected chi connectivity index (χ4v) is 3.75. The maximum Gasteiger partial charge on any atom is 0.241 e. The molecular formula is C15H25N3O2. The fraction of sp³-hybridized carbons (Fsp3) is 0.867. The lowest BCUT2D eigenvalue weighted by Crippen LogP contribution is -2.82. The van der Waals surface area contributed by atoms with Gasteiger partial charge in [0, 0.05) is 24.0 Å². The van der Waals surface area contributed by atoms with Gasteiger partial charge in [-0.05, 0) is 19.3 Å². The largest absolute Gasteiger partial charge is 0.377 e. The molecule has 0 spiro atoms. The van der Waals surface area contributed by atoms with Gasteiger partial charge in [-0.25, -0.2) is 0 Å². The molecule has 2 rings (SSSR count). The zero-order valence-electron chi connectivity index (χ0n) is 12.6. The van der Waals surface area contributed by atoms with Crippen LogP contribution in [-0.4, -0.2) is 30.2 Å². The molecule has 1 aliphatic heterocycles. The van der Waals surface area contributed by atoms with Gasteiger partial charge in [0.25, 0.3) is 0 Å². The monoisotopic (exact) mass is 279 g/mol. The molecule has 4 atom stereocenters. The molecule has 1 amide bonds. The van der Waals surface area contributed by atoms with Gasteiger partial charge in [-0.1, -0.05) is 20.8 Å². The first kappa shape index (κ1) is 15.3. The predicted octanol–water partition coefficient (Wildman–Crippen LogP) is 1.33. The summed E-state index contributed by atoms with van der Waals surface area (Å²) >= 11 is 0. The smallest absolute Gasteiger partial charge is 0.241 e. The van der Waals surface area contributed by atoms with Gasteiger partial charge in [-0.3, -0.25) is 4.79 Å². The van der Waals surface area contributed by atoms with Crippen LogP contribution in [-0.2, 0) is 9.53 Å². The Bertz CT molecular complexity index is 429. The van der Waals surface area contributed by atoms with E-state index in [0.717, 1.165) is 25.9 Å². The zero-order chi connectivity index (χ0) is 15.0. The highest BCUT2D eigenvalue weighted by Crippen LogP contribution is 2.57. The molecule has 0 aromatic heterocycles. The molecule has 0 bridgehead atoms. The van der Waals surface area contributed by atoms with E-state index in [1.165, 1.54) is 0 Å². The SMILES string of the molecule is CCC(CC#N)NC(=O)C1(N)C2CCCOC2C1(C)C. The molecule has 0 aromatic rings. The van der Waals surface area contributed by atoms with Crippen molar-refractivity contribution in [2.24, 2.45) is 17.1 Å². The van der Waals surface area contributed by atoms with E-state index >= 15 is 0 Å². The summed E-state index contributed by atoms with van der Waals surface area (Å²) in [4.78, 5) is 12.7. The number of carbonyl (C=O) groups excluding carboxylic acids is 1. The molecule has 2 aliphatic rings. The van der Waals surface area contributed by atoms with Crippen molar-refractivity contribution in [3.8, 4) is 6.07 Å². The highest BCUT2D eigenvalue weighted by molar-refractivity contribution is 5.89. The van der Waals surface area contributed by atoms with Crippen molar-refractivity contribution >= 4 is 5.91 Å². The molecule has 2 fully saturated rings. The lowest BCUT2D eigenvalue weighted by atomic mass is 9.46. The predicted molar refractivity (Wildman–Crippen MR) is 75.6 cm³/mol. The Morgan fingerprint density at radius 1 is 1.60 bits per heavy atom. The summed E-state index contributed by atoms with van der Waals surface area (Å²) in [5.74, 6) is -0.0396. The Hall–Kier alpha value is -1.12. The van der Waals surface area contributed by atoms with E-state index in [0.29, 0.717) is 6.42 Å². The molecule has 0 radical (unpaired) electrons. The number of nitriles is 1. The molecule has 5 heteroatoms. The maximum atomic E-state index is 12.7. The lowest BCUT2D eigenvalue weighted by molar-refractivity contribution is -0.225. The van der Waals surface area contributed by atoms with Crippen molar-refractivity contribution in [1.29, 1.82) is 5.26 Å². The number of fused-ring (bicyclic) bond motifs is 1. The van der Waals surface area contributed by atoms with Crippen LogP contribution >= 0.6 is 0 Å². The van der Waals surface area contributed by atoms with E-state index in [9.17, 15) is 4.79 Å². The van der Waals surface area contributed by atoms with Crippen molar-refractivity contribution in [2.75, 3.05) is 6.61 Å². The Kier molecular flexibility index (Phi) is 4.08. The van der Waals surface area contributed by atoms with Gasteiger partial charge in [0.05, 0.1) is 18.6 Å². The number of hydrogen-bond donors (Lipinski definition) is 2. The topological polar surface area (TPSA) is 88.1 Å². The maximum absolute atomic E-state index is 12.7. The number of amides is 1.